The van der Waals surface area contributed by atoms with Crippen molar-refractivity contribution < 1.29 is 19.7 Å². The first-order chi connectivity index (χ1) is 49.2. The summed E-state index contributed by atoms with van der Waals surface area (Å²) in [5, 5.41) is 31.5. The van der Waals surface area contributed by atoms with Crippen LogP contribution in [-0.2, 0) is 23.9 Å². The molecule has 9 saturated carbocycles. The van der Waals surface area contributed by atoms with Gasteiger partial charge < -0.3 is 46.1 Å². The molecule has 104 heavy (non-hydrogen) atoms. The number of aliphatic hydroxyl groups excluding tert-OH is 3. The number of nitrogen functional groups attached to an aromatic ring is 3. The van der Waals surface area contributed by atoms with Crippen LogP contribution in [0.4, 0.5) is 23.1 Å². The van der Waals surface area contributed by atoms with E-state index in [1.165, 1.54) is 126 Å². The second-order valence-corrected chi connectivity index (χ2v) is 43.1. The Bertz CT molecular complexity index is 3760. The van der Waals surface area contributed by atoms with E-state index in [4.69, 9.17) is 21.6 Å². The Morgan fingerprint density at radius 3 is 1.42 bits per heavy atom. The topological polar surface area (TPSA) is 273 Å². The van der Waals surface area contributed by atoms with E-state index in [9.17, 15) is 15.3 Å². The summed E-state index contributed by atoms with van der Waals surface area (Å²) in [7, 11) is -1.75. The number of hydrogen-bond donors (Lipinski definition) is 6. The predicted octanol–water partition coefficient (Wildman–Crippen LogP) is 17.6. The van der Waals surface area contributed by atoms with Crippen molar-refractivity contribution in [2.24, 2.45) is 120 Å². The zero-order valence-electron chi connectivity index (χ0n) is 66.4. The van der Waals surface area contributed by atoms with Crippen LogP contribution in [0.5, 0.6) is 0 Å². The fourth-order valence-corrected chi connectivity index (χ4v) is 25.1. The maximum absolute atomic E-state index is 10.6. The zero-order valence-corrected chi connectivity index (χ0v) is 67.4. The molecular weight excluding hydrogens is 1310 g/mol. The average Bonchev–Trinajstić information content (AvgIpc) is 1.45. The third kappa shape index (κ3) is 14.3. The van der Waals surface area contributed by atoms with Gasteiger partial charge in [-0.3, -0.25) is 4.99 Å². The highest BCUT2D eigenvalue weighted by molar-refractivity contribution is 6.74. The molecule has 572 valence electrons. The molecule has 9 aliphatic carbocycles. The number of fused-ring (bicyclic) bond motifs is 6. The molecule has 9 N–H and O–H groups in total. The Balaban J connectivity index is 0.000000137. The van der Waals surface area contributed by atoms with Crippen LogP contribution in [0.15, 0.2) is 73.1 Å². The summed E-state index contributed by atoms with van der Waals surface area (Å²) in [6.07, 6.45) is 37.0. The Hall–Kier alpha value is -5.47. The van der Waals surface area contributed by atoms with Crippen LogP contribution in [0.1, 0.15) is 230 Å². The van der Waals surface area contributed by atoms with Crippen molar-refractivity contribution in [1.82, 2.24) is 49.0 Å². The Labute approximate surface area is 624 Å². The second-order valence-electron chi connectivity index (χ2n) is 38.3. The molecule has 6 heterocycles. The van der Waals surface area contributed by atoms with E-state index in [-0.39, 0.29) is 50.7 Å². The lowest BCUT2D eigenvalue weighted by Crippen LogP contribution is -2.52. The number of aliphatic hydroxyl groups is 3. The molecule has 0 unspecified atom stereocenters. The summed E-state index contributed by atoms with van der Waals surface area (Å²) >= 11 is 0. The maximum Gasteiger partial charge on any atom is 0.191 e. The Morgan fingerprint density at radius 2 is 0.962 bits per heavy atom. The van der Waals surface area contributed by atoms with Crippen LogP contribution in [0.3, 0.4) is 0 Å². The molecule has 5 aromatic heterocycles. The standard InChI is InChI=1S/C27H41N5.C27H50O2Si.C25H37N5O2.C6H6N4/c1-6-19-13-17(2)9-11-27(19,5)22-10-12-26(4)18(3)7-8-21(26)20(22)14-32-16-31-23-24(28)29-15-30-25(23)32;1-19-12-14-27(7,21(16-19)18-29-30(8,9)25(3,4)5)24-13-15-26(6)20(2)10-11-23(26)22(24)17-28;1-15-4-5-19-18(11-30-14-29-21-22(26)27-13-28-23(21)30)20(7-9-24(15,19)2)25(3)8-6-17(32)10-16(25)12-31;7-6-5-4(1-2-8-5)9-3-10-6/h15-17,19-22H,3,6-14H2,1-2,4-5H3,(H2,28,29,30);19,21-24,28H,2,10-18H2,1,3-9H3;13-14,16-20,31-32H,1,4-12H2,2-3H3,(H2,26,27,28);2-3H,1H2,(H2,7,9,10)/t17-,19-,20-,21-,22-,26+,27-;19-,21+,22-,23-,24-,26+,27-;16-,17+,18+,19+,20+,24-,25+;/m001./s1. The van der Waals surface area contributed by atoms with Crippen molar-refractivity contribution in [1.29, 1.82) is 0 Å². The summed E-state index contributed by atoms with van der Waals surface area (Å²) in [5.41, 5.74) is 28.2. The number of aliphatic imine (C=N–C) groups is 1. The van der Waals surface area contributed by atoms with Gasteiger partial charge in [0.05, 0.1) is 24.5 Å². The molecule has 10 aliphatic rings. The number of nitrogens with zero attached hydrogens (tertiary/aromatic N) is 11. The van der Waals surface area contributed by atoms with Gasteiger partial charge in [0, 0.05) is 45.5 Å². The summed E-state index contributed by atoms with van der Waals surface area (Å²) in [6.45, 7) is 50.7. The van der Waals surface area contributed by atoms with Crippen LogP contribution in [0.25, 0.3) is 22.3 Å². The Morgan fingerprint density at radius 1 is 0.529 bits per heavy atom. The van der Waals surface area contributed by atoms with Crippen molar-refractivity contribution in [2.75, 3.05) is 37.0 Å². The average molecular weight is 1440 g/mol. The molecule has 18 nitrogen and oxygen atoms in total. The SMILES string of the molecule is C=C1CC[C@H]2[C@H](CO)[C@@H]([C@@]3(C)CC[C@H](C)C[C@@H]3CO[Si](C)(C)C(C)(C)C)CC[C@]12C.C=C1CC[C@H]2[C@H](Cn3cnc4c(N)ncnc43)[C@@H]([C@@]3(C)CC[C@H](C)C[C@@H]3CC)CC[C@]12C.C=C1CC[C@H]2[C@H](Cn3cnc4c(N)ncnc43)[C@@H]([C@@]3(C)CC[C@H](O)C[C@@H]3CO)CC[C@]12C.Nc1ncnc2c1N=CC2. The molecule has 9 fully saturated rings. The van der Waals surface area contributed by atoms with Crippen molar-refractivity contribution in [3.8, 4) is 0 Å². The highest BCUT2D eigenvalue weighted by Gasteiger charge is 2.60. The number of anilines is 3. The van der Waals surface area contributed by atoms with Crippen LogP contribution in [0.2, 0.25) is 18.1 Å². The minimum atomic E-state index is -1.75. The van der Waals surface area contributed by atoms with E-state index in [0.717, 1.165) is 117 Å². The van der Waals surface area contributed by atoms with E-state index in [1.54, 1.807) is 12.5 Å². The fourth-order valence-electron chi connectivity index (χ4n) is 24.1. The molecule has 1 aliphatic heterocycles. The van der Waals surface area contributed by atoms with E-state index >= 15 is 0 Å². The molecule has 0 amide bonds. The minimum absolute atomic E-state index is 0.00823. The van der Waals surface area contributed by atoms with Crippen LogP contribution in [-0.4, -0.2) is 105 Å². The number of rotatable bonds is 13. The lowest BCUT2D eigenvalue weighted by molar-refractivity contribution is -0.0973. The lowest BCUT2D eigenvalue weighted by Gasteiger charge is -2.57. The number of allylic oxidation sites excluding steroid dienone is 3. The van der Waals surface area contributed by atoms with Crippen LogP contribution in [0, 0.1) is 115 Å². The molecular formula is C85H134N14O4Si. The Kier molecular flexibility index (Phi) is 22.7. The van der Waals surface area contributed by atoms with E-state index < -0.39 is 8.32 Å². The second kappa shape index (κ2) is 30.2. The van der Waals surface area contributed by atoms with Gasteiger partial charge in [-0.25, -0.2) is 39.9 Å². The van der Waals surface area contributed by atoms with Gasteiger partial charge in [-0.2, -0.15) is 0 Å². The third-order valence-electron chi connectivity index (χ3n) is 32.3. The number of hydrogen-bond acceptors (Lipinski definition) is 16. The monoisotopic (exact) mass is 1440 g/mol. The van der Waals surface area contributed by atoms with E-state index in [1.807, 2.05) is 12.7 Å². The number of imidazole rings is 2. The highest BCUT2D eigenvalue weighted by atomic mass is 28.4. The molecule has 0 aromatic carbocycles. The smallest absolute Gasteiger partial charge is 0.191 e. The molecule has 0 spiro atoms. The van der Waals surface area contributed by atoms with Gasteiger partial charge >= 0.3 is 0 Å². The zero-order chi connectivity index (χ0) is 74.9. The summed E-state index contributed by atoms with van der Waals surface area (Å²) < 4.78 is 11.3. The quantitative estimate of drug-likeness (QED) is 0.0472. The maximum atomic E-state index is 10.6. The fraction of sp³-hybridized carbons (Fsp3) is 0.753. The largest absolute Gasteiger partial charge is 0.417 e. The molecule has 15 rings (SSSR count). The first kappa shape index (κ1) is 78.1. The summed E-state index contributed by atoms with van der Waals surface area (Å²) in [4.78, 5) is 38.3. The van der Waals surface area contributed by atoms with Gasteiger partial charge in [0.1, 0.15) is 35.7 Å². The van der Waals surface area contributed by atoms with Crippen LogP contribution >= 0.6 is 0 Å². The van der Waals surface area contributed by atoms with Crippen LogP contribution < -0.4 is 17.2 Å². The van der Waals surface area contributed by atoms with E-state index in [2.05, 4.69) is 170 Å². The normalized spacial score (nSPS) is 38.3. The third-order valence-corrected chi connectivity index (χ3v) is 36.8. The molecule has 19 heteroatoms. The van der Waals surface area contributed by atoms with Gasteiger partial charge in [0.15, 0.2) is 37.1 Å². The van der Waals surface area contributed by atoms with Crippen molar-refractivity contribution in [2.45, 2.75) is 268 Å². The first-order valence-corrected chi connectivity index (χ1v) is 43.6. The molecule has 0 radical (unpaired) electrons. The highest BCUT2D eigenvalue weighted by Crippen LogP contribution is 2.68. The van der Waals surface area contributed by atoms with Crippen molar-refractivity contribution in [3.05, 3.63) is 73.8 Å². The number of nitrogens with two attached hydrogens (primary N) is 3. The molecule has 0 bridgehead atoms. The summed E-state index contributed by atoms with van der Waals surface area (Å²) in [5.74, 6) is 9.75. The van der Waals surface area contributed by atoms with Crippen molar-refractivity contribution >= 4 is 60.0 Å². The van der Waals surface area contributed by atoms with E-state index in [0.29, 0.717) is 94.7 Å². The number of aromatic nitrogens is 10. The van der Waals surface area contributed by atoms with Gasteiger partial charge in [-0.05, 0) is 255 Å². The van der Waals surface area contributed by atoms with Crippen molar-refractivity contribution in [3.63, 3.8) is 0 Å². The van der Waals surface area contributed by atoms with Gasteiger partial charge in [0.25, 0.3) is 0 Å². The van der Waals surface area contributed by atoms with Gasteiger partial charge in [-0.15, -0.1) is 0 Å². The molecule has 21 atom stereocenters. The minimum Gasteiger partial charge on any atom is -0.417 e. The van der Waals surface area contributed by atoms with Gasteiger partial charge in [-0.1, -0.05) is 139 Å². The lowest BCUT2D eigenvalue weighted by atomic mass is 9.48. The molecule has 0 saturated heterocycles. The first-order valence-electron chi connectivity index (χ1n) is 40.7. The predicted molar refractivity (Wildman–Crippen MR) is 425 cm³/mol. The van der Waals surface area contributed by atoms with Gasteiger partial charge in [0.2, 0.25) is 0 Å². The molecule has 5 aromatic rings. The summed E-state index contributed by atoms with van der Waals surface area (Å²) in [6, 6.07) is 0.